The lowest BCUT2D eigenvalue weighted by atomic mass is 10.2. The molecule has 1 amide bonds. The quantitative estimate of drug-likeness (QED) is 0.812. The van der Waals surface area contributed by atoms with Crippen molar-refractivity contribution in [1.29, 1.82) is 0 Å². The van der Waals surface area contributed by atoms with Crippen molar-refractivity contribution in [2.75, 3.05) is 25.1 Å². The van der Waals surface area contributed by atoms with Crippen molar-refractivity contribution in [2.45, 2.75) is 18.9 Å². The molecule has 5 nitrogen and oxygen atoms in total. The van der Waals surface area contributed by atoms with Gasteiger partial charge in [-0.25, -0.2) is 0 Å². The van der Waals surface area contributed by atoms with Gasteiger partial charge in [0.15, 0.2) is 6.61 Å². The maximum Gasteiger partial charge on any atom is 0.262 e. The molecule has 1 N–H and O–H groups in total. The monoisotopic (exact) mass is 361 g/mol. The van der Waals surface area contributed by atoms with Crippen LogP contribution < -0.4 is 14.8 Å². The van der Waals surface area contributed by atoms with Crippen molar-refractivity contribution in [1.82, 2.24) is 0 Å². The highest BCUT2D eigenvalue weighted by Crippen LogP contribution is 2.23. The second-order valence-corrected chi connectivity index (χ2v) is 6.14. The van der Waals surface area contributed by atoms with Gasteiger partial charge >= 0.3 is 0 Å². The fourth-order valence-electron chi connectivity index (χ4n) is 2.50. The lowest BCUT2D eigenvalue weighted by molar-refractivity contribution is -0.118. The van der Waals surface area contributed by atoms with Gasteiger partial charge in [-0.15, -0.1) is 0 Å². The maximum absolute atomic E-state index is 12.0. The normalized spacial score (nSPS) is 16.4. The number of para-hydroxylation sites is 1. The van der Waals surface area contributed by atoms with E-state index in [2.05, 4.69) is 5.32 Å². The minimum Gasteiger partial charge on any atom is -0.491 e. The van der Waals surface area contributed by atoms with Crippen LogP contribution in [0.4, 0.5) is 5.69 Å². The second kappa shape index (κ2) is 8.74. The fourth-order valence-corrected chi connectivity index (χ4v) is 2.69. The van der Waals surface area contributed by atoms with Gasteiger partial charge < -0.3 is 19.5 Å². The first-order valence-corrected chi connectivity index (χ1v) is 8.60. The van der Waals surface area contributed by atoms with Crippen molar-refractivity contribution in [3.8, 4) is 11.5 Å². The first-order chi connectivity index (χ1) is 12.2. The number of ether oxygens (including phenoxy) is 3. The smallest absolute Gasteiger partial charge is 0.262 e. The Balaban J connectivity index is 1.44. The molecule has 0 unspecified atom stereocenters. The van der Waals surface area contributed by atoms with Crippen LogP contribution in [0.5, 0.6) is 11.5 Å². The third-order valence-electron chi connectivity index (χ3n) is 3.79. The summed E-state index contributed by atoms with van der Waals surface area (Å²) >= 11 is 5.98. The van der Waals surface area contributed by atoms with Gasteiger partial charge in [0, 0.05) is 12.3 Å². The molecule has 0 aliphatic carbocycles. The van der Waals surface area contributed by atoms with Crippen LogP contribution in [0.15, 0.2) is 48.5 Å². The van der Waals surface area contributed by atoms with E-state index in [4.69, 9.17) is 25.8 Å². The van der Waals surface area contributed by atoms with Crippen molar-refractivity contribution in [3.63, 3.8) is 0 Å². The average molecular weight is 362 g/mol. The van der Waals surface area contributed by atoms with E-state index < -0.39 is 0 Å². The lowest BCUT2D eigenvalue weighted by Crippen LogP contribution is -2.20. The van der Waals surface area contributed by atoms with E-state index in [9.17, 15) is 4.79 Å². The van der Waals surface area contributed by atoms with Crippen LogP contribution in [-0.4, -0.2) is 31.8 Å². The Kier molecular flexibility index (Phi) is 6.14. The summed E-state index contributed by atoms with van der Waals surface area (Å²) in [5, 5.41) is 3.24. The molecular weight excluding hydrogens is 342 g/mol. The molecule has 3 rings (SSSR count). The molecule has 1 atom stereocenters. The number of halogens is 1. The van der Waals surface area contributed by atoms with Gasteiger partial charge in [-0.05, 0) is 49.2 Å². The molecule has 1 aliphatic heterocycles. The molecule has 132 valence electrons. The summed E-state index contributed by atoms with van der Waals surface area (Å²) in [6.45, 7) is 1.26. The molecule has 2 aromatic rings. The second-order valence-electron chi connectivity index (χ2n) is 5.74. The molecule has 6 heteroatoms. The highest BCUT2D eigenvalue weighted by atomic mass is 35.5. The van der Waals surface area contributed by atoms with Crippen molar-refractivity contribution < 1.29 is 19.0 Å². The summed E-state index contributed by atoms with van der Waals surface area (Å²) in [6, 6.07) is 14.3. The number of nitrogens with one attached hydrogen (secondary N) is 1. The van der Waals surface area contributed by atoms with Crippen LogP contribution in [-0.2, 0) is 9.53 Å². The van der Waals surface area contributed by atoms with Crippen LogP contribution >= 0.6 is 11.6 Å². The Bertz CT molecular complexity index is 699. The Labute approximate surface area is 151 Å². The first-order valence-electron chi connectivity index (χ1n) is 8.22. The van der Waals surface area contributed by atoms with Crippen LogP contribution in [0.25, 0.3) is 0 Å². The largest absolute Gasteiger partial charge is 0.491 e. The highest BCUT2D eigenvalue weighted by Gasteiger charge is 2.15. The van der Waals surface area contributed by atoms with Crippen molar-refractivity contribution in [2.24, 2.45) is 0 Å². The van der Waals surface area contributed by atoms with E-state index in [0.717, 1.165) is 25.2 Å². The van der Waals surface area contributed by atoms with Crippen LogP contribution in [0.3, 0.4) is 0 Å². The predicted octanol–water partition coefficient (Wildman–Crippen LogP) is 3.92. The number of hydrogen-bond donors (Lipinski definition) is 1. The van der Waals surface area contributed by atoms with Gasteiger partial charge in [0.25, 0.3) is 5.91 Å². The minimum absolute atomic E-state index is 0.110. The van der Waals surface area contributed by atoms with Gasteiger partial charge in [-0.2, -0.15) is 0 Å². The molecule has 25 heavy (non-hydrogen) atoms. The standard InChI is InChI=1S/C19H20ClNO4/c20-17-5-1-2-6-18(17)25-13-19(22)21-14-7-9-15(10-8-14)24-12-16-4-3-11-23-16/h1-2,5-10,16H,3-4,11-13H2,(H,21,22)/t16-/m1/s1. The number of amides is 1. The van der Waals surface area contributed by atoms with Gasteiger partial charge in [-0.1, -0.05) is 23.7 Å². The zero-order valence-corrected chi connectivity index (χ0v) is 14.5. The number of benzene rings is 2. The summed E-state index contributed by atoms with van der Waals surface area (Å²) < 4.78 is 16.6. The molecule has 0 spiro atoms. The van der Waals surface area contributed by atoms with Crippen LogP contribution in [0.2, 0.25) is 5.02 Å². The Morgan fingerprint density at radius 3 is 2.68 bits per heavy atom. The van der Waals surface area contributed by atoms with Crippen molar-refractivity contribution >= 4 is 23.2 Å². The zero-order chi connectivity index (χ0) is 17.5. The molecular formula is C19H20ClNO4. The van der Waals surface area contributed by atoms with Gasteiger partial charge in [-0.3, -0.25) is 4.79 Å². The van der Waals surface area contributed by atoms with Gasteiger partial charge in [0.2, 0.25) is 0 Å². The molecule has 0 radical (unpaired) electrons. The number of carbonyl (C=O) groups excluding carboxylic acids is 1. The summed E-state index contributed by atoms with van der Waals surface area (Å²) in [6.07, 6.45) is 2.32. The highest BCUT2D eigenvalue weighted by molar-refractivity contribution is 6.32. The fraction of sp³-hybridized carbons (Fsp3) is 0.316. The number of anilines is 1. The summed E-state index contributed by atoms with van der Waals surface area (Å²) in [4.78, 5) is 12.0. The van der Waals surface area contributed by atoms with E-state index in [1.54, 1.807) is 36.4 Å². The molecule has 1 fully saturated rings. The summed E-state index contributed by atoms with van der Waals surface area (Å²) in [7, 11) is 0. The molecule has 0 aromatic heterocycles. The van der Waals surface area contributed by atoms with Gasteiger partial charge in [0.05, 0.1) is 11.1 Å². The van der Waals surface area contributed by atoms with E-state index in [-0.39, 0.29) is 18.6 Å². The van der Waals surface area contributed by atoms with E-state index in [0.29, 0.717) is 23.1 Å². The first kappa shape index (κ1) is 17.6. The van der Waals surface area contributed by atoms with E-state index in [1.165, 1.54) is 0 Å². The lowest BCUT2D eigenvalue weighted by Gasteiger charge is -2.12. The van der Waals surface area contributed by atoms with Crippen molar-refractivity contribution in [3.05, 3.63) is 53.6 Å². The van der Waals surface area contributed by atoms with Crippen LogP contribution in [0.1, 0.15) is 12.8 Å². The average Bonchev–Trinajstić information content (AvgIpc) is 3.14. The molecule has 0 bridgehead atoms. The molecule has 1 aliphatic rings. The summed E-state index contributed by atoms with van der Waals surface area (Å²) in [5.41, 5.74) is 0.678. The van der Waals surface area contributed by atoms with Crippen LogP contribution in [0, 0.1) is 0 Å². The topological polar surface area (TPSA) is 56.8 Å². The number of hydrogen-bond acceptors (Lipinski definition) is 4. The summed E-state index contributed by atoms with van der Waals surface area (Å²) in [5.74, 6) is 0.978. The Hall–Kier alpha value is -2.24. The third-order valence-corrected chi connectivity index (χ3v) is 4.11. The molecule has 1 saturated heterocycles. The Morgan fingerprint density at radius 1 is 1.16 bits per heavy atom. The number of carbonyl (C=O) groups is 1. The SMILES string of the molecule is O=C(COc1ccccc1Cl)Nc1ccc(OC[C@H]2CCCO2)cc1. The minimum atomic E-state index is -0.257. The Morgan fingerprint density at radius 2 is 1.96 bits per heavy atom. The molecule has 0 saturated carbocycles. The molecule has 2 aromatic carbocycles. The maximum atomic E-state index is 12.0. The van der Waals surface area contributed by atoms with E-state index in [1.807, 2.05) is 12.1 Å². The third kappa shape index (κ3) is 5.37. The zero-order valence-electron chi connectivity index (χ0n) is 13.7. The van der Waals surface area contributed by atoms with Gasteiger partial charge in [0.1, 0.15) is 18.1 Å². The number of rotatable bonds is 7. The van der Waals surface area contributed by atoms with E-state index >= 15 is 0 Å². The molecule has 1 heterocycles. The predicted molar refractivity (Wildman–Crippen MR) is 96.5 cm³/mol.